The number of carbonyl (C=O) groups is 1. The highest BCUT2D eigenvalue weighted by Gasteiger charge is 2.15. The van der Waals surface area contributed by atoms with E-state index < -0.39 is 5.82 Å². The van der Waals surface area contributed by atoms with E-state index in [1.54, 1.807) is 25.2 Å². The SMILES string of the molecule is Cn1ncc(C(N)=S)c1NC(=O)Cc1ccccc1F. The molecule has 0 radical (unpaired) electrons. The van der Waals surface area contributed by atoms with E-state index in [0.29, 0.717) is 16.9 Å². The zero-order valence-corrected chi connectivity index (χ0v) is 11.6. The Balaban J connectivity index is 2.15. The Bertz CT molecular complexity index is 668. The number of hydrogen-bond donors (Lipinski definition) is 2. The van der Waals surface area contributed by atoms with Crippen molar-refractivity contribution in [2.24, 2.45) is 12.8 Å². The highest BCUT2D eigenvalue weighted by atomic mass is 32.1. The van der Waals surface area contributed by atoms with Gasteiger partial charge in [-0.1, -0.05) is 30.4 Å². The first-order chi connectivity index (χ1) is 9.49. The van der Waals surface area contributed by atoms with Crippen LogP contribution in [0.1, 0.15) is 11.1 Å². The van der Waals surface area contributed by atoms with Gasteiger partial charge < -0.3 is 11.1 Å². The number of amides is 1. The Kier molecular flexibility index (Phi) is 4.09. The van der Waals surface area contributed by atoms with Gasteiger partial charge in [-0.3, -0.25) is 9.48 Å². The number of halogens is 1. The summed E-state index contributed by atoms with van der Waals surface area (Å²) < 4.78 is 14.9. The Morgan fingerprint density at radius 1 is 1.50 bits per heavy atom. The fraction of sp³-hybridized carbons (Fsp3) is 0.154. The molecular formula is C13H13FN4OS. The first kappa shape index (κ1) is 14.1. The molecule has 0 bridgehead atoms. The van der Waals surface area contributed by atoms with Gasteiger partial charge in [0.1, 0.15) is 16.6 Å². The summed E-state index contributed by atoms with van der Waals surface area (Å²) in [6.45, 7) is 0. The molecule has 0 aliphatic carbocycles. The van der Waals surface area contributed by atoms with E-state index in [9.17, 15) is 9.18 Å². The maximum atomic E-state index is 13.5. The lowest BCUT2D eigenvalue weighted by atomic mass is 10.1. The van der Waals surface area contributed by atoms with Crippen LogP contribution >= 0.6 is 12.2 Å². The van der Waals surface area contributed by atoms with Crippen molar-refractivity contribution in [3.63, 3.8) is 0 Å². The smallest absolute Gasteiger partial charge is 0.230 e. The predicted molar refractivity (Wildman–Crippen MR) is 77.8 cm³/mol. The zero-order valence-electron chi connectivity index (χ0n) is 10.8. The number of aromatic nitrogens is 2. The number of carbonyl (C=O) groups excluding carboxylic acids is 1. The van der Waals surface area contributed by atoms with E-state index in [2.05, 4.69) is 10.4 Å². The van der Waals surface area contributed by atoms with Crippen molar-refractivity contribution in [3.05, 3.63) is 47.4 Å². The second-order valence-corrected chi connectivity index (χ2v) is 4.65. The van der Waals surface area contributed by atoms with Crippen LogP contribution in [0.5, 0.6) is 0 Å². The van der Waals surface area contributed by atoms with Crippen LogP contribution in [-0.4, -0.2) is 20.7 Å². The van der Waals surface area contributed by atoms with Gasteiger partial charge in [0.2, 0.25) is 5.91 Å². The zero-order chi connectivity index (χ0) is 14.7. The van der Waals surface area contributed by atoms with E-state index in [-0.39, 0.29) is 17.3 Å². The maximum absolute atomic E-state index is 13.5. The minimum absolute atomic E-state index is 0.0748. The molecule has 0 saturated carbocycles. The van der Waals surface area contributed by atoms with Crippen LogP contribution in [0, 0.1) is 5.82 Å². The molecule has 2 rings (SSSR count). The molecular weight excluding hydrogens is 279 g/mol. The number of benzene rings is 1. The fourth-order valence-electron chi connectivity index (χ4n) is 1.76. The summed E-state index contributed by atoms with van der Waals surface area (Å²) in [5, 5.41) is 6.62. The van der Waals surface area contributed by atoms with Gasteiger partial charge in [0.25, 0.3) is 0 Å². The summed E-state index contributed by atoms with van der Waals surface area (Å²) in [6, 6.07) is 6.12. The molecule has 1 amide bonds. The van der Waals surface area contributed by atoms with Crippen molar-refractivity contribution in [1.29, 1.82) is 0 Å². The van der Waals surface area contributed by atoms with Crippen molar-refractivity contribution < 1.29 is 9.18 Å². The third kappa shape index (κ3) is 3.00. The monoisotopic (exact) mass is 292 g/mol. The Morgan fingerprint density at radius 3 is 2.85 bits per heavy atom. The lowest BCUT2D eigenvalue weighted by Crippen LogP contribution is -2.20. The van der Waals surface area contributed by atoms with E-state index >= 15 is 0 Å². The third-order valence-corrected chi connectivity index (χ3v) is 2.99. The normalized spacial score (nSPS) is 10.3. The summed E-state index contributed by atoms with van der Waals surface area (Å²) in [5.74, 6) is -0.378. The molecule has 0 fully saturated rings. The average molecular weight is 292 g/mol. The van der Waals surface area contributed by atoms with Gasteiger partial charge in [-0.15, -0.1) is 0 Å². The molecule has 1 aromatic heterocycles. The molecule has 3 N–H and O–H groups in total. The second-order valence-electron chi connectivity index (χ2n) is 4.21. The molecule has 1 heterocycles. The number of nitrogens with one attached hydrogen (secondary N) is 1. The lowest BCUT2D eigenvalue weighted by Gasteiger charge is -2.08. The van der Waals surface area contributed by atoms with Crippen LogP contribution in [0.3, 0.4) is 0 Å². The quantitative estimate of drug-likeness (QED) is 0.835. The van der Waals surface area contributed by atoms with Crippen molar-refractivity contribution in [2.45, 2.75) is 6.42 Å². The highest BCUT2D eigenvalue weighted by molar-refractivity contribution is 7.80. The van der Waals surface area contributed by atoms with Crippen LogP contribution < -0.4 is 11.1 Å². The molecule has 0 spiro atoms. The summed E-state index contributed by atoms with van der Waals surface area (Å²) >= 11 is 4.88. The van der Waals surface area contributed by atoms with Gasteiger partial charge >= 0.3 is 0 Å². The topological polar surface area (TPSA) is 72.9 Å². The number of aryl methyl sites for hydroxylation is 1. The van der Waals surface area contributed by atoms with Crippen molar-refractivity contribution in [2.75, 3.05) is 5.32 Å². The molecule has 0 unspecified atom stereocenters. The van der Waals surface area contributed by atoms with Gasteiger partial charge in [0.05, 0.1) is 18.2 Å². The molecule has 0 aliphatic rings. The van der Waals surface area contributed by atoms with Gasteiger partial charge in [0, 0.05) is 7.05 Å². The number of nitrogens with two attached hydrogens (primary N) is 1. The number of anilines is 1. The summed E-state index contributed by atoms with van der Waals surface area (Å²) in [7, 11) is 1.65. The average Bonchev–Trinajstić information content (AvgIpc) is 2.74. The minimum Gasteiger partial charge on any atom is -0.389 e. The molecule has 0 aliphatic heterocycles. The molecule has 7 heteroatoms. The maximum Gasteiger partial charge on any atom is 0.230 e. The van der Waals surface area contributed by atoms with Gasteiger partial charge in [-0.25, -0.2) is 4.39 Å². The molecule has 104 valence electrons. The summed E-state index contributed by atoms with van der Waals surface area (Å²) in [5.41, 5.74) is 6.35. The van der Waals surface area contributed by atoms with Gasteiger partial charge in [-0.05, 0) is 11.6 Å². The van der Waals surface area contributed by atoms with Crippen molar-refractivity contribution in [1.82, 2.24) is 9.78 Å². The van der Waals surface area contributed by atoms with E-state index in [1.807, 2.05) is 0 Å². The summed E-state index contributed by atoms with van der Waals surface area (Å²) in [4.78, 5) is 12.1. The van der Waals surface area contributed by atoms with Crippen LogP contribution in [0.2, 0.25) is 0 Å². The Morgan fingerprint density at radius 2 is 2.20 bits per heavy atom. The lowest BCUT2D eigenvalue weighted by molar-refractivity contribution is -0.115. The van der Waals surface area contributed by atoms with Gasteiger partial charge in [0.15, 0.2) is 0 Å². The van der Waals surface area contributed by atoms with E-state index in [1.165, 1.54) is 16.9 Å². The largest absolute Gasteiger partial charge is 0.389 e. The first-order valence-electron chi connectivity index (χ1n) is 5.84. The number of thiocarbonyl (C=S) groups is 1. The minimum atomic E-state index is -0.415. The van der Waals surface area contributed by atoms with Crippen LogP contribution in [0.4, 0.5) is 10.2 Å². The third-order valence-electron chi connectivity index (χ3n) is 2.77. The predicted octanol–water partition coefficient (Wildman–Crippen LogP) is 1.37. The molecule has 0 atom stereocenters. The van der Waals surface area contributed by atoms with E-state index in [4.69, 9.17) is 18.0 Å². The number of hydrogen-bond acceptors (Lipinski definition) is 3. The Labute approximate surface area is 120 Å². The summed E-state index contributed by atoms with van der Waals surface area (Å²) in [6.07, 6.45) is 1.40. The Hall–Kier alpha value is -2.28. The fourth-order valence-corrected chi connectivity index (χ4v) is 1.91. The highest BCUT2D eigenvalue weighted by Crippen LogP contribution is 2.15. The molecule has 0 saturated heterocycles. The number of rotatable bonds is 4. The standard InChI is InChI=1S/C13H13FN4OS/c1-18-13(9(7-16-18)12(15)20)17-11(19)6-8-4-2-3-5-10(8)14/h2-5,7H,6H2,1H3,(H2,15,20)(H,17,19). The molecule has 5 nitrogen and oxygen atoms in total. The molecule has 1 aromatic carbocycles. The molecule has 20 heavy (non-hydrogen) atoms. The van der Waals surface area contributed by atoms with Crippen molar-refractivity contribution >= 4 is 28.9 Å². The van der Waals surface area contributed by atoms with Crippen LogP contribution in [-0.2, 0) is 18.3 Å². The van der Waals surface area contributed by atoms with Crippen LogP contribution in [0.25, 0.3) is 0 Å². The second kappa shape index (κ2) is 5.79. The number of nitrogens with zero attached hydrogens (tertiary/aromatic N) is 2. The first-order valence-corrected chi connectivity index (χ1v) is 6.25. The van der Waals surface area contributed by atoms with E-state index in [0.717, 1.165) is 0 Å². The molecule has 2 aromatic rings. The van der Waals surface area contributed by atoms with Crippen LogP contribution in [0.15, 0.2) is 30.5 Å². The van der Waals surface area contributed by atoms with Gasteiger partial charge in [-0.2, -0.15) is 5.10 Å². The van der Waals surface area contributed by atoms with Crippen molar-refractivity contribution in [3.8, 4) is 0 Å².